The molecule has 1 unspecified atom stereocenters. The number of ether oxygens (including phenoxy) is 1. The molecule has 0 aliphatic heterocycles. The highest BCUT2D eigenvalue weighted by Gasteiger charge is 2.05. The van der Waals surface area contributed by atoms with Gasteiger partial charge in [-0.2, -0.15) is 0 Å². The van der Waals surface area contributed by atoms with E-state index in [9.17, 15) is 4.79 Å². The van der Waals surface area contributed by atoms with Crippen LogP contribution in [0.2, 0.25) is 0 Å². The zero-order valence-electron chi connectivity index (χ0n) is 6.89. The van der Waals surface area contributed by atoms with Crippen molar-refractivity contribution >= 4 is 22.0 Å². The second kappa shape index (κ2) is 6.46. The van der Waals surface area contributed by atoms with Crippen LogP contribution in [0.3, 0.4) is 0 Å². The standard InChI is InChI=1S/C7H14BrNO2/c1-3-11-7(10)9-6(2)4-5-8/h6H,3-5H2,1-2H3,(H,9,10). The first-order chi connectivity index (χ1) is 5.20. The van der Waals surface area contributed by atoms with Crippen LogP contribution in [0.1, 0.15) is 20.3 Å². The predicted octanol–water partition coefficient (Wildman–Crippen LogP) is 1.91. The van der Waals surface area contributed by atoms with Crippen LogP contribution in [0, 0.1) is 0 Å². The van der Waals surface area contributed by atoms with Gasteiger partial charge in [0, 0.05) is 11.4 Å². The van der Waals surface area contributed by atoms with Crippen LogP contribution in [-0.2, 0) is 4.74 Å². The molecule has 1 amide bonds. The molecule has 1 N–H and O–H groups in total. The summed E-state index contributed by atoms with van der Waals surface area (Å²) in [5.74, 6) is 0. The van der Waals surface area contributed by atoms with Crippen molar-refractivity contribution in [1.29, 1.82) is 0 Å². The highest BCUT2D eigenvalue weighted by molar-refractivity contribution is 9.09. The van der Waals surface area contributed by atoms with Crippen molar-refractivity contribution in [2.45, 2.75) is 26.3 Å². The summed E-state index contributed by atoms with van der Waals surface area (Å²) in [6.07, 6.45) is 0.583. The summed E-state index contributed by atoms with van der Waals surface area (Å²) in [6, 6.07) is 0.174. The Bertz CT molecular complexity index is 119. The molecule has 0 aliphatic rings. The van der Waals surface area contributed by atoms with E-state index in [2.05, 4.69) is 21.2 Å². The van der Waals surface area contributed by atoms with Gasteiger partial charge in [-0.05, 0) is 20.3 Å². The summed E-state index contributed by atoms with van der Waals surface area (Å²) in [7, 11) is 0. The monoisotopic (exact) mass is 223 g/mol. The Morgan fingerprint density at radius 1 is 1.73 bits per heavy atom. The SMILES string of the molecule is CCOC(=O)NC(C)CCBr. The lowest BCUT2D eigenvalue weighted by Gasteiger charge is -2.11. The number of halogens is 1. The molecule has 0 saturated heterocycles. The van der Waals surface area contributed by atoms with Crippen molar-refractivity contribution in [1.82, 2.24) is 5.32 Å². The number of rotatable bonds is 4. The average molecular weight is 224 g/mol. The smallest absolute Gasteiger partial charge is 0.407 e. The molecule has 0 aromatic heterocycles. The molecule has 0 aromatic carbocycles. The van der Waals surface area contributed by atoms with Crippen molar-refractivity contribution in [2.75, 3.05) is 11.9 Å². The maximum atomic E-state index is 10.8. The number of alkyl carbamates (subject to hydrolysis) is 1. The van der Waals surface area contributed by atoms with Gasteiger partial charge in [-0.1, -0.05) is 15.9 Å². The number of carbonyl (C=O) groups is 1. The minimum absolute atomic E-state index is 0.174. The molecule has 0 aromatic rings. The molecule has 0 rings (SSSR count). The van der Waals surface area contributed by atoms with Crippen molar-refractivity contribution < 1.29 is 9.53 Å². The molecule has 3 nitrogen and oxygen atoms in total. The first-order valence-corrected chi connectivity index (χ1v) is 4.82. The maximum Gasteiger partial charge on any atom is 0.407 e. The van der Waals surface area contributed by atoms with Gasteiger partial charge in [0.1, 0.15) is 0 Å². The third kappa shape index (κ3) is 6.16. The zero-order chi connectivity index (χ0) is 8.69. The summed E-state index contributed by atoms with van der Waals surface area (Å²) in [5, 5.41) is 3.58. The Kier molecular flexibility index (Phi) is 6.31. The van der Waals surface area contributed by atoms with Gasteiger partial charge < -0.3 is 10.1 Å². The fourth-order valence-corrected chi connectivity index (χ4v) is 1.30. The average Bonchev–Trinajstić information content (AvgIpc) is 1.87. The van der Waals surface area contributed by atoms with Gasteiger partial charge in [0.25, 0.3) is 0 Å². The minimum atomic E-state index is -0.332. The third-order valence-corrected chi connectivity index (χ3v) is 1.64. The van der Waals surface area contributed by atoms with Crippen molar-refractivity contribution in [3.8, 4) is 0 Å². The van der Waals surface area contributed by atoms with Crippen LogP contribution >= 0.6 is 15.9 Å². The second-order valence-electron chi connectivity index (χ2n) is 2.24. The Labute approximate surface area is 75.6 Å². The summed E-state index contributed by atoms with van der Waals surface area (Å²) in [4.78, 5) is 10.8. The van der Waals surface area contributed by atoms with E-state index >= 15 is 0 Å². The van der Waals surface area contributed by atoms with Crippen molar-refractivity contribution in [2.24, 2.45) is 0 Å². The van der Waals surface area contributed by atoms with E-state index < -0.39 is 0 Å². The van der Waals surface area contributed by atoms with Gasteiger partial charge in [0.05, 0.1) is 6.61 Å². The second-order valence-corrected chi connectivity index (χ2v) is 3.04. The Morgan fingerprint density at radius 2 is 2.36 bits per heavy atom. The summed E-state index contributed by atoms with van der Waals surface area (Å²) < 4.78 is 4.69. The largest absolute Gasteiger partial charge is 0.450 e. The number of hydrogen-bond acceptors (Lipinski definition) is 2. The Balaban J connectivity index is 3.40. The van der Waals surface area contributed by atoms with Gasteiger partial charge >= 0.3 is 6.09 Å². The molecule has 0 heterocycles. The molecular formula is C7H14BrNO2. The summed E-state index contributed by atoms with van der Waals surface area (Å²) >= 11 is 3.29. The van der Waals surface area contributed by atoms with E-state index in [-0.39, 0.29) is 12.1 Å². The number of carbonyl (C=O) groups excluding carboxylic acids is 1. The van der Waals surface area contributed by atoms with Crippen LogP contribution in [-0.4, -0.2) is 24.1 Å². The predicted molar refractivity (Wildman–Crippen MR) is 48.0 cm³/mol. The first-order valence-electron chi connectivity index (χ1n) is 3.70. The topological polar surface area (TPSA) is 38.3 Å². The van der Waals surface area contributed by atoms with Crippen LogP contribution in [0.5, 0.6) is 0 Å². The molecule has 0 radical (unpaired) electrons. The highest BCUT2D eigenvalue weighted by Crippen LogP contribution is 1.94. The molecule has 0 fully saturated rings. The van der Waals surface area contributed by atoms with Gasteiger partial charge in [-0.15, -0.1) is 0 Å². The first kappa shape index (κ1) is 10.8. The molecule has 1 atom stereocenters. The zero-order valence-corrected chi connectivity index (χ0v) is 8.48. The molecular weight excluding hydrogens is 210 g/mol. The normalized spacial score (nSPS) is 12.3. The number of nitrogens with one attached hydrogen (secondary N) is 1. The molecule has 66 valence electrons. The lowest BCUT2D eigenvalue weighted by atomic mass is 10.3. The van der Waals surface area contributed by atoms with Crippen molar-refractivity contribution in [3.05, 3.63) is 0 Å². The number of alkyl halides is 1. The Hall–Kier alpha value is -0.250. The van der Waals surface area contributed by atoms with E-state index in [1.165, 1.54) is 0 Å². The van der Waals surface area contributed by atoms with E-state index in [0.717, 1.165) is 11.8 Å². The lowest BCUT2D eigenvalue weighted by Crippen LogP contribution is -2.33. The van der Waals surface area contributed by atoms with E-state index in [1.807, 2.05) is 6.92 Å². The maximum absolute atomic E-state index is 10.8. The summed E-state index contributed by atoms with van der Waals surface area (Å²) in [6.45, 7) is 4.15. The van der Waals surface area contributed by atoms with Gasteiger partial charge in [0.2, 0.25) is 0 Å². The fraction of sp³-hybridized carbons (Fsp3) is 0.857. The number of amides is 1. The van der Waals surface area contributed by atoms with Gasteiger partial charge in [-0.3, -0.25) is 0 Å². The minimum Gasteiger partial charge on any atom is -0.450 e. The van der Waals surface area contributed by atoms with Crippen LogP contribution in [0.4, 0.5) is 4.79 Å². The molecule has 4 heteroatoms. The number of hydrogen-bond donors (Lipinski definition) is 1. The molecule has 0 saturated carbocycles. The van der Waals surface area contributed by atoms with Gasteiger partial charge in [-0.25, -0.2) is 4.79 Å². The van der Waals surface area contributed by atoms with Crippen LogP contribution in [0.15, 0.2) is 0 Å². The van der Waals surface area contributed by atoms with Crippen LogP contribution in [0.25, 0.3) is 0 Å². The van der Waals surface area contributed by atoms with E-state index in [4.69, 9.17) is 4.74 Å². The summed E-state index contributed by atoms with van der Waals surface area (Å²) in [5.41, 5.74) is 0. The molecule has 0 bridgehead atoms. The Morgan fingerprint density at radius 3 is 2.82 bits per heavy atom. The lowest BCUT2D eigenvalue weighted by molar-refractivity contribution is 0.148. The molecule has 11 heavy (non-hydrogen) atoms. The van der Waals surface area contributed by atoms with Gasteiger partial charge in [0.15, 0.2) is 0 Å². The quantitative estimate of drug-likeness (QED) is 0.740. The van der Waals surface area contributed by atoms with Crippen LogP contribution < -0.4 is 5.32 Å². The van der Waals surface area contributed by atoms with E-state index in [1.54, 1.807) is 6.92 Å². The van der Waals surface area contributed by atoms with E-state index in [0.29, 0.717) is 6.61 Å². The molecule has 0 spiro atoms. The fourth-order valence-electron chi connectivity index (χ4n) is 0.610. The molecule has 0 aliphatic carbocycles. The third-order valence-electron chi connectivity index (χ3n) is 1.18. The van der Waals surface area contributed by atoms with Crippen molar-refractivity contribution in [3.63, 3.8) is 0 Å². The highest BCUT2D eigenvalue weighted by atomic mass is 79.9.